The molecule has 1 aromatic heterocycles. The SMILES string of the molecule is COCC1(c2nc(C3(CN[C@@H]4C[C@H]4c4ccccc4)CC3)no2)CCN(CC2(C(=O)O)CCC2)CC1. The van der Waals surface area contributed by atoms with Crippen molar-refractivity contribution < 1.29 is 19.2 Å². The highest BCUT2D eigenvalue weighted by Crippen LogP contribution is 2.49. The van der Waals surface area contributed by atoms with Gasteiger partial charge in [0.2, 0.25) is 5.89 Å². The maximum atomic E-state index is 11.8. The van der Waals surface area contributed by atoms with Crippen molar-refractivity contribution in [1.29, 1.82) is 0 Å². The maximum absolute atomic E-state index is 11.8. The number of aromatic nitrogens is 2. The summed E-state index contributed by atoms with van der Waals surface area (Å²) >= 11 is 0. The van der Waals surface area contributed by atoms with E-state index in [0.29, 0.717) is 31.0 Å². The second-order valence-corrected chi connectivity index (χ2v) is 11.9. The number of carboxylic acid groups (broad SMARTS) is 1. The molecule has 2 heterocycles. The number of likely N-dealkylation sites (tertiary alicyclic amines) is 1. The average molecular weight is 495 g/mol. The summed E-state index contributed by atoms with van der Waals surface area (Å²) in [5.41, 5.74) is 0.552. The lowest BCUT2D eigenvalue weighted by molar-refractivity contribution is -0.156. The third-order valence-electron chi connectivity index (χ3n) is 9.45. The molecule has 8 heteroatoms. The van der Waals surface area contributed by atoms with Gasteiger partial charge in [-0.1, -0.05) is 41.9 Å². The van der Waals surface area contributed by atoms with E-state index in [1.165, 1.54) is 12.0 Å². The van der Waals surface area contributed by atoms with E-state index in [2.05, 4.69) is 45.7 Å². The fourth-order valence-corrected chi connectivity index (χ4v) is 6.41. The van der Waals surface area contributed by atoms with Crippen molar-refractivity contribution in [2.24, 2.45) is 5.41 Å². The van der Waals surface area contributed by atoms with Crippen molar-refractivity contribution >= 4 is 5.97 Å². The van der Waals surface area contributed by atoms with Gasteiger partial charge in [-0.25, -0.2) is 0 Å². The molecule has 1 saturated heterocycles. The molecule has 0 unspecified atom stereocenters. The molecule has 36 heavy (non-hydrogen) atoms. The molecule has 2 N–H and O–H groups in total. The fourth-order valence-electron chi connectivity index (χ4n) is 6.41. The Bertz CT molecular complexity index is 1070. The molecule has 0 amide bonds. The van der Waals surface area contributed by atoms with Crippen LogP contribution >= 0.6 is 0 Å². The molecular formula is C28H38N4O4. The average Bonchev–Trinajstić information content (AvgIpc) is 3.78. The van der Waals surface area contributed by atoms with E-state index >= 15 is 0 Å². The Hall–Kier alpha value is -2.29. The number of rotatable bonds is 11. The summed E-state index contributed by atoms with van der Waals surface area (Å²) in [7, 11) is 1.73. The Kier molecular flexibility index (Phi) is 6.17. The van der Waals surface area contributed by atoms with Gasteiger partial charge in [0, 0.05) is 37.6 Å². The second-order valence-electron chi connectivity index (χ2n) is 11.9. The first-order chi connectivity index (χ1) is 17.5. The highest BCUT2D eigenvalue weighted by molar-refractivity contribution is 5.76. The van der Waals surface area contributed by atoms with Crippen LogP contribution in [0.1, 0.15) is 74.6 Å². The molecule has 194 valence electrons. The molecule has 4 aliphatic rings. The highest BCUT2D eigenvalue weighted by Gasteiger charge is 2.52. The number of piperidine rings is 1. The minimum Gasteiger partial charge on any atom is -0.481 e. The third kappa shape index (κ3) is 4.37. The number of hydrogen-bond acceptors (Lipinski definition) is 7. The molecule has 4 fully saturated rings. The van der Waals surface area contributed by atoms with Gasteiger partial charge in [-0.05, 0) is 63.6 Å². The normalized spacial score (nSPS) is 27.8. The summed E-state index contributed by atoms with van der Waals surface area (Å²) < 4.78 is 11.6. The molecule has 3 aliphatic carbocycles. The zero-order valence-corrected chi connectivity index (χ0v) is 21.2. The summed E-state index contributed by atoms with van der Waals surface area (Å²) in [4.78, 5) is 19.1. The zero-order valence-electron chi connectivity index (χ0n) is 21.2. The smallest absolute Gasteiger partial charge is 0.310 e. The Balaban J connectivity index is 1.08. The van der Waals surface area contributed by atoms with Gasteiger partial charge in [0.15, 0.2) is 5.82 Å². The Morgan fingerprint density at radius 1 is 1.14 bits per heavy atom. The van der Waals surface area contributed by atoms with E-state index in [1.807, 2.05) is 0 Å². The highest BCUT2D eigenvalue weighted by atomic mass is 16.5. The van der Waals surface area contributed by atoms with E-state index < -0.39 is 11.4 Å². The summed E-state index contributed by atoms with van der Waals surface area (Å²) in [6.45, 7) is 3.72. The predicted molar refractivity (Wildman–Crippen MR) is 134 cm³/mol. The lowest BCUT2D eigenvalue weighted by atomic mass is 9.68. The number of methoxy groups -OCH3 is 1. The Labute approximate surface area is 212 Å². The van der Waals surface area contributed by atoms with Crippen molar-refractivity contribution in [2.45, 2.75) is 74.2 Å². The number of benzene rings is 1. The van der Waals surface area contributed by atoms with Crippen LogP contribution in [0.25, 0.3) is 0 Å². The van der Waals surface area contributed by atoms with Gasteiger partial charge in [-0.15, -0.1) is 0 Å². The van der Waals surface area contributed by atoms with E-state index in [4.69, 9.17) is 14.2 Å². The van der Waals surface area contributed by atoms with Gasteiger partial charge in [-0.3, -0.25) is 4.79 Å². The van der Waals surface area contributed by atoms with Crippen LogP contribution in [-0.4, -0.2) is 72.1 Å². The molecule has 8 nitrogen and oxygen atoms in total. The molecule has 1 aliphatic heterocycles. The lowest BCUT2D eigenvalue weighted by Gasteiger charge is -2.45. The van der Waals surface area contributed by atoms with E-state index in [1.54, 1.807) is 7.11 Å². The van der Waals surface area contributed by atoms with Crippen LogP contribution in [0.15, 0.2) is 34.9 Å². The number of carbonyl (C=O) groups is 1. The van der Waals surface area contributed by atoms with Crippen LogP contribution in [-0.2, 0) is 20.4 Å². The number of ether oxygens (including phenoxy) is 1. The van der Waals surface area contributed by atoms with Crippen molar-refractivity contribution in [3.05, 3.63) is 47.6 Å². The van der Waals surface area contributed by atoms with Crippen molar-refractivity contribution in [2.75, 3.05) is 39.9 Å². The molecule has 2 atom stereocenters. The van der Waals surface area contributed by atoms with Gasteiger partial charge in [-0.2, -0.15) is 4.98 Å². The maximum Gasteiger partial charge on any atom is 0.310 e. The largest absolute Gasteiger partial charge is 0.481 e. The first kappa shape index (κ1) is 24.1. The monoisotopic (exact) mass is 494 g/mol. The van der Waals surface area contributed by atoms with Crippen LogP contribution < -0.4 is 5.32 Å². The zero-order chi connectivity index (χ0) is 24.8. The molecule has 6 rings (SSSR count). The number of nitrogens with zero attached hydrogens (tertiary/aromatic N) is 3. The van der Waals surface area contributed by atoms with E-state index in [0.717, 1.165) is 70.4 Å². The first-order valence-corrected chi connectivity index (χ1v) is 13.6. The fraction of sp³-hybridized carbons (Fsp3) is 0.679. The van der Waals surface area contributed by atoms with Crippen LogP contribution in [0.4, 0.5) is 0 Å². The third-order valence-corrected chi connectivity index (χ3v) is 9.45. The van der Waals surface area contributed by atoms with Crippen LogP contribution in [0, 0.1) is 5.41 Å². The molecular weight excluding hydrogens is 456 g/mol. The van der Waals surface area contributed by atoms with E-state index in [9.17, 15) is 9.90 Å². The summed E-state index contributed by atoms with van der Waals surface area (Å²) in [5.74, 6) is 1.49. The minimum absolute atomic E-state index is 0.0152. The topological polar surface area (TPSA) is 101 Å². The molecule has 0 spiro atoms. The Morgan fingerprint density at radius 2 is 1.89 bits per heavy atom. The molecule has 0 bridgehead atoms. The quantitative estimate of drug-likeness (QED) is 0.490. The van der Waals surface area contributed by atoms with Crippen LogP contribution in [0.5, 0.6) is 0 Å². The molecule has 2 aromatic rings. The van der Waals surface area contributed by atoms with Gasteiger partial charge >= 0.3 is 5.97 Å². The summed E-state index contributed by atoms with van der Waals surface area (Å²) in [6, 6.07) is 11.3. The van der Waals surface area contributed by atoms with Crippen LogP contribution in [0.2, 0.25) is 0 Å². The molecule has 0 radical (unpaired) electrons. The van der Waals surface area contributed by atoms with Crippen LogP contribution in [0.3, 0.4) is 0 Å². The van der Waals surface area contributed by atoms with Crippen molar-refractivity contribution in [3.63, 3.8) is 0 Å². The predicted octanol–water partition coefficient (Wildman–Crippen LogP) is 3.48. The minimum atomic E-state index is -0.645. The van der Waals surface area contributed by atoms with Crippen molar-refractivity contribution in [3.8, 4) is 0 Å². The van der Waals surface area contributed by atoms with Gasteiger partial charge in [0.25, 0.3) is 0 Å². The standard InChI is InChI=1S/C28H38N4O4/c1-35-19-28(12-14-32(15-13-28)18-27(25(33)34)8-5-9-27)24-30-23(31-36-24)26(10-11-26)17-29-22-16-21(22)20-6-3-2-4-7-20/h2-4,6-7,21-22,29H,5,8-19H2,1H3,(H,33,34)/t21-,22+/m0/s1. The first-order valence-electron chi connectivity index (χ1n) is 13.6. The molecule has 1 aromatic carbocycles. The number of hydrogen-bond donors (Lipinski definition) is 2. The van der Waals surface area contributed by atoms with E-state index in [-0.39, 0.29) is 10.8 Å². The van der Waals surface area contributed by atoms with Gasteiger partial charge in [0.05, 0.1) is 17.4 Å². The second kappa shape index (κ2) is 9.23. The summed E-state index contributed by atoms with van der Waals surface area (Å²) in [5, 5.41) is 18.0. The molecule has 3 saturated carbocycles. The summed E-state index contributed by atoms with van der Waals surface area (Å²) in [6.07, 6.45) is 7.63. The van der Waals surface area contributed by atoms with Gasteiger partial charge < -0.3 is 24.6 Å². The Morgan fingerprint density at radius 3 is 2.50 bits per heavy atom. The lowest BCUT2D eigenvalue weighted by Crippen LogP contribution is -2.52. The number of nitrogens with one attached hydrogen (secondary N) is 1. The number of carboxylic acids is 1. The van der Waals surface area contributed by atoms with Gasteiger partial charge in [0.1, 0.15) is 0 Å². The number of aliphatic carboxylic acids is 1. The van der Waals surface area contributed by atoms with Crippen molar-refractivity contribution in [1.82, 2.24) is 20.4 Å².